The molecule has 0 aliphatic carbocycles. The summed E-state index contributed by atoms with van der Waals surface area (Å²) in [5.74, 6) is 0.235. The Morgan fingerprint density at radius 3 is 1.49 bits per heavy atom. The largest absolute Gasteiger partial charge is 0.481 e. The molecular weight excluding hydrogens is 436 g/mol. The van der Waals surface area contributed by atoms with E-state index in [0.717, 1.165) is 70.6 Å². The normalized spacial score (nSPS) is 15.9. The van der Waals surface area contributed by atoms with Crippen molar-refractivity contribution in [2.45, 2.75) is 163 Å². The second kappa shape index (κ2) is 21.1. The zero-order chi connectivity index (χ0) is 26.5. The molecule has 0 amide bonds. The maximum atomic E-state index is 12.9. The number of aliphatic carboxylic acids is 2. The first-order valence-corrected chi connectivity index (χ1v) is 15.2. The highest BCUT2D eigenvalue weighted by atomic mass is 16.4. The van der Waals surface area contributed by atoms with Crippen molar-refractivity contribution in [3.8, 4) is 0 Å². The average Bonchev–Trinajstić information content (AvgIpc) is 2.82. The maximum absolute atomic E-state index is 12.9. The summed E-state index contributed by atoms with van der Waals surface area (Å²) in [6.07, 6.45) is 20.9. The lowest BCUT2D eigenvalue weighted by Gasteiger charge is -2.38. The van der Waals surface area contributed by atoms with Gasteiger partial charge in [0, 0.05) is 6.42 Å². The van der Waals surface area contributed by atoms with Crippen molar-refractivity contribution < 1.29 is 19.8 Å². The van der Waals surface area contributed by atoms with Crippen molar-refractivity contribution in [3.63, 3.8) is 0 Å². The first-order chi connectivity index (χ1) is 16.7. The van der Waals surface area contributed by atoms with Crippen LogP contribution in [0.3, 0.4) is 0 Å². The Morgan fingerprint density at radius 1 is 0.629 bits per heavy atom. The van der Waals surface area contributed by atoms with E-state index in [0.29, 0.717) is 17.8 Å². The molecule has 0 bridgehead atoms. The Hall–Kier alpha value is -1.06. The van der Waals surface area contributed by atoms with Gasteiger partial charge in [0.05, 0.1) is 5.41 Å². The van der Waals surface area contributed by atoms with E-state index in [2.05, 4.69) is 34.6 Å². The zero-order valence-corrected chi connectivity index (χ0v) is 24.1. The van der Waals surface area contributed by atoms with Crippen molar-refractivity contribution in [3.05, 3.63) is 0 Å². The van der Waals surface area contributed by atoms with Gasteiger partial charge >= 0.3 is 11.9 Å². The number of unbranched alkanes of at least 4 members (excludes halogenated alkanes) is 8. The van der Waals surface area contributed by atoms with Gasteiger partial charge < -0.3 is 10.2 Å². The quantitative estimate of drug-likeness (QED) is 0.123. The third-order valence-corrected chi connectivity index (χ3v) is 8.23. The second-order valence-corrected chi connectivity index (χ2v) is 11.5. The highest BCUT2D eigenvalue weighted by molar-refractivity contribution is 5.74. The molecule has 3 unspecified atom stereocenters. The van der Waals surface area contributed by atoms with Crippen LogP contribution in [-0.2, 0) is 9.59 Å². The van der Waals surface area contributed by atoms with Gasteiger partial charge in [-0.15, -0.1) is 0 Å². The van der Waals surface area contributed by atoms with Crippen LogP contribution in [-0.4, -0.2) is 22.2 Å². The first kappa shape index (κ1) is 33.9. The fraction of sp³-hybridized carbons (Fsp3) is 0.935. The molecule has 4 nitrogen and oxygen atoms in total. The summed E-state index contributed by atoms with van der Waals surface area (Å²) in [7, 11) is 0. The van der Waals surface area contributed by atoms with Crippen LogP contribution >= 0.6 is 0 Å². The molecule has 208 valence electrons. The molecule has 0 aliphatic heterocycles. The minimum Gasteiger partial charge on any atom is -0.481 e. The molecule has 3 atom stereocenters. The van der Waals surface area contributed by atoms with Gasteiger partial charge in [0.15, 0.2) is 0 Å². The number of hydrogen-bond acceptors (Lipinski definition) is 2. The summed E-state index contributed by atoms with van der Waals surface area (Å²) in [5.41, 5.74) is -0.577. The summed E-state index contributed by atoms with van der Waals surface area (Å²) in [4.78, 5) is 23.5. The predicted molar refractivity (Wildman–Crippen MR) is 149 cm³/mol. The van der Waals surface area contributed by atoms with E-state index in [1.54, 1.807) is 0 Å². The zero-order valence-electron chi connectivity index (χ0n) is 24.1. The van der Waals surface area contributed by atoms with E-state index in [1.165, 1.54) is 51.4 Å². The lowest BCUT2D eigenvalue weighted by molar-refractivity contribution is -0.153. The summed E-state index contributed by atoms with van der Waals surface area (Å²) in [5, 5.41) is 19.3. The third-order valence-electron chi connectivity index (χ3n) is 8.23. The second-order valence-electron chi connectivity index (χ2n) is 11.5. The van der Waals surface area contributed by atoms with E-state index >= 15 is 0 Å². The van der Waals surface area contributed by atoms with Crippen molar-refractivity contribution in [1.29, 1.82) is 0 Å². The van der Waals surface area contributed by atoms with E-state index in [-0.39, 0.29) is 6.42 Å². The van der Waals surface area contributed by atoms with E-state index in [4.69, 9.17) is 5.11 Å². The number of carboxylic acids is 2. The Kier molecular flexibility index (Phi) is 20.4. The Morgan fingerprint density at radius 2 is 1.09 bits per heavy atom. The number of hydrogen-bond donors (Lipinski definition) is 2. The van der Waals surface area contributed by atoms with Crippen LogP contribution in [0.2, 0.25) is 0 Å². The Labute approximate surface area is 218 Å². The monoisotopic (exact) mass is 496 g/mol. The van der Waals surface area contributed by atoms with Gasteiger partial charge in [-0.1, -0.05) is 131 Å². The van der Waals surface area contributed by atoms with Crippen LogP contribution in [0.5, 0.6) is 0 Å². The summed E-state index contributed by atoms with van der Waals surface area (Å²) in [6, 6.07) is 0. The smallest absolute Gasteiger partial charge is 0.309 e. The van der Waals surface area contributed by atoms with Crippen LogP contribution < -0.4 is 0 Å². The molecule has 0 aromatic carbocycles. The molecule has 4 heteroatoms. The van der Waals surface area contributed by atoms with Crippen LogP contribution in [0.1, 0.15) is 163 Å². The van der Waals surface area contributed by atoms with Crippen molar-refractivity contribution in [2.24, 2.45) is 23.2 Å². The molecule has 0 radical (unpaired) electrons. The predicted octanol–water partition coefficient (Wildman–Crippen LogP) is 9.89. The highest BCUT2D eigenvalue weighted by Crippen LogP contribution is 2.44. The van der Waals surface area contributed by atoms with E-state index in [9.17, 15) is 14.7 Å². The minimum absolute atomic E-state index is 0.289. The maximum Gasteiger partial charge on any atom is 0.309 e. The topological polar surface area (TPSA) is 74.6 Å². The number of carbonyl (C=O) groups is 2. The van der Waals surface area contributed by atoms with Gasteiger partial charge in [-0.25, -0.2) is 0 Å². The minimum atomic E-state index is -0.692. The molecule has 0 rings (SSSR count). The molecule has 0 spiro atoms. The summed E-state index contributed by atoms with van der Waals surface area (Å²) in [6.45, 7) is 11.2. The van der Waals surface area contributed by atoms with Gasteiger partial charge in [-0.2, -0.15) is 0 Å². The molecule has 2 N–H and O–H groups in total. The third kappa shape index (κ3) is 16.3. The van der Waals surface area contributed by atoms with Crippen molar-refractivity contribution in [1.82, 2.24) is 0 Å². The van der Waals surface area contributed by atoms with Crippen LogP contribution in [0.25, 0.3) is 0 Å². The Balaban J connectivity index is 4.97. The first-order valence-electron chi connectivity index (χ1n) is 15.2. The van der Waals surface area contributed by atoms with Crippen LogP contribution in [0.4, 0.5) is 0 Å². The Bertz CT molecular complexity index is 512. The van der Waals surface area contributed by atoms with Crippen LogP contribution in [0, 0.1) is 23.2 Å². The number of rotatable bonds is 25. The molecule has 0 saturated carbocycles. The van der Waals surface area contributed by atoms with Gasteiger partial charge in [0.25, 0.3) is 0 Å². The average molecular weight is 497 g/mol. The molecule has 0 saturated heterocycles. The molecule has 0 fully saturated rings. The fourth-order valence-electron chi connectivity index (χ4n) is 5.93. The van der Waals surface area contributed by atoms with Gasteiger partial charge in [0.1, 0.15) is 0 Å². The molecule has 0 aliphatic rings. The number of carboxylic acid groups (broad SMARTS) is 2. The van der Waals surface area contributed by atoms with Crippen LogP contribution in [0.15, 0.2) is 0 Å². The van der Waals surface area contributed by atoms with Crippen molar-refractivity contribution in [2.75, 3.05) is 0 Å². The molecule has 0 heterocycles. The molecule has 0 aromatic rings. The van der Waals surface area contributed by atoms with Crippen molar-refractivity contribution >= 4 is 11.9 Å². The fourth-order valence-corrected chi connectivity index (χ4v) is 5.93. The molecule has 35 heavy (non-hydrogen) atoms. The van der Waals surface area contributed by atoms with E-state index < -0.39 is 17.4 Å². The lowest BCUT2D eigenvalue weighted by Crippen LogP contribution is -2.37. The summed E-state index contributed by atoms with van der Waals surface area (Å²) < 4.78 is 0. The van der Waals surface area contributed by atoms with Gasteiger partial charge in [0.2, 0.25) is 0 Å². The molecule has 0 aromatic heterocycles. The lowest BCUT2D eigenvalue weighted by atomic mass is 9.66. The van der Waals surface area contributed by atoms with Gasteiger partial charge in [-0.05, 0) is 43.4 Å². The standard InChI is InChI=1S/C31H60O4/c1-6-10-20-27(8-3)24-31(30(34)35,25-28(9-4)21-11-7-2)23-26(5)19-17-15-13-12-14-16-18-22-29(32)33/h26-28H,6-25H2,1-5H3,(H,32,33)(H,34,35). The van der Waals surface area contributed by atoms with E-state index in [1.807, 2.05) is 0 Å². The highest BCUT2D eigenvalue weighted by Gasteiger charge is 2.42. The molecular formula is C31H60O4. The summed E-state index contributed by atoms with van der Waals surface area (Å²) >= 11 is 0. The SMILES string of the molecule is CCCCC(CC)CC(CC(C)CCCCCCCCCC(=O)O)(CC(CC)CCCC)C(=O)O. The van der Waals surface area contributed by atoms with Gasteiger partial charge in [-0.3, -0.25) is 9.59 Å².